The van der Waals surface area contributed by atoms with Crippen LogP contribution in [0.4, 0.5) is 0 Å². The number of carbonyl (C=O) groups is 1. The molecule has 1 aromatic heterocycles. The molecule has 8 nitrogen and oxygen atoms in total. The number of halogens is 1. The molecule has 3 rings (SSSR count). The number of hydrogen-bond acceptors (Lipinski definition) is 7. The van der Waals surface area contributed by atoms with Crippen LogP contribution < -0.4 is 14.9 Å². The Labute approximate surface area is 189 Å². The topological polar surface area (TPSA) is 90.6 Å². The third-order valence-electron chi connectivity index (χ3n) is 4.30. The van der Waals surface area contributed by atoms with Gasteiger partial charge in [0.25, 0.3) is 5.91 Å². The summed E-state index contributed by atoms with van der Waals surface area (Å²) in [5.41, 5.74) is 4.11. The van der Waals surface area contributed by atoms with Gasteiger partial charge in [0.1, 0.15) is 11.5 Å². The van der Waals surface area contributed by atoms with Crippen molar-refractivity contribution in [3.8, 4) is 22.9 Å². The minimum Gasteiger partial charge on any atom is -0.497 e. The van der Waals surface area contributed by atoms with Crippen LogP contribution in [0.3, 0.4) is 0 Å². The number of ether oxygens (including phenoxy) is 2. The second-order valence-electron chi connectivity index (χ2n) is 6.25. The van der Waals surface area contributed by atoms with Gasteiger partial charge in [-0.2, -0.15) is 5.10 Å². The Morgan fingerprint density at radius 3 is 2.65 bits per heavy atom. The number of rotatable bonds is 9. The molecule has 0 aliphatic heterocycles. The monoisotopic (exact) mass is 459 g/mol. The smallest absolute Gasteiger partial charge is 0.250 e. The van der Waals surface area contributed by atoms with Gasteiger partial charge in [-0.3, -0.25) is 4.79 Å². The summed E-state index contributed by atoms with van der Waals surface area (Å²) in [7, 11) is 3.14. The molecule has 0 saturated carbocycles. The molecule has 2 aromatic carbocycles. The van der Waals surface area contributed by atoms with Crippen molar-refractivity contribution in [3.05, 3.63) is 53.1 Å². The van der Waals surface area contributed by atoms with E-state index < -0.39 is 0 Å². The van der Waals surface area contributed by atoms with E-state index in [-0.39, 0.29) is 11.7 Å². The molecule has 0 bridgehead atoms. The van der Waals surface area contributed by atoms with Crippen LogP contribution >= 0.6 is 23.4 Å². The van der Waals surface area contributed by atoms with Crippen LogP contribution in [0.25, 0.3) is 11.4 Å². The average Bonchev–Trinajstić information content (AvgIpc) is 3.21. The first-order chi connectivity index (χ1) is 15.0. The van der Waals surface area contributed by atoms with Gasteiger partial charge in [0.2, 0.25) is 0 Å². The number of carbonyl (C=O) groups excluding carboxylic acids is 1. The maximum absolute atomic E-state index is 12.2. The molecule has 0 radical (unpaired) electrons. The number of thioether (sulfide) groups is 1. The van der Waals surface area contributed by atoms with Crippen molar-refractivity contribution < 1.29 is 14.3 Å². The Morgan fingerprint density at radius 1 is 1.19 bits per heavy atom. The van der Waals surface area contributed by atoms with Crippen LogP contribution in [-0.2, 0) is 11.3 Å². The van der Waals surface area contributed by atoms with Crippen LogP contribution in [0.5, 0.6) is 11.5 Å². The Balaban J connectivity index is 1.61. The molecule has 1 heterocycles. The molecule has 1 N–H and O–H groups in total. The second kappa shape index (κ2) is 10.8. The number of methoxy groups -OCH3 is 2. The number of benzene rings is 2. The maximum atomic E-state index is 12.2. The van der Waals surface area contributed by atoms with Crippen molar-refractivity contribution >= 4 is 35.5 Å². The van der Waals surface area contributed by atoms with E-state index in [4.69, 9.17) is 21.1 Å². The summed E-state index contributed by atoms with van der Waals surface area (Å²) < 4.78 is 12.4. The third-order valence-corrected chi connectivity index (χ3v) is 5.52. The van der Waals surface area contributed by atoms with Crippen molar-refractivity contribution in [1.82, 2.24) is 20.2 Å². The van der Waals surface area contributed by atoms with Crippen molar-refractivity contribution in [3.63, 3.8) is 0 Å². The van der Waals surface area contributed by atoms with E-state index in [0.717, 1.165) is 11.4 Å². The zero-order chi connectivity index (χ0) is 22.2. The lowest BCUT2D eigenvalue weighted by Gasteiger charge is -2.07. The summed E-state index contributed by atoms with van der Waals surface area (Å²) in [6.07, 6.45) is 1.51. The molecule has 0 aliphatic rings. The highest BCUT2D eigenvalue weighted by molar-refractivity contribution is 7.99. The molecule has 162 valence electrons. The molecule has 0 unspecified atom stereocenters. The van der Waals surface area contributed by atoms with Gasteiger partial charge in [-0.1, -0.05) is 23.4 Å². The van der Waals surface area contributed by atoms with Crippen LogP contribution in [0, 0.1) is 0 Å². The first-order valence-electron chi connectivity index (χ1n) is 9.41. The van der Waals surface area contributed by atoms with Crippen molar-refractivity contribution in [2.75, 3.05) is 20.0 Å². The predicted molar refractivity (Wildman–Crippen MR) is 122 cm³/mol. The fourth-order valence-electron chi connectivity index (χ4n) is 2.77. The molecule has 1 amide bonds. The van der Waals surface area contributed by atoms with E-state index >= 15 is 0 Å². The Morgan fingerprint density at radius 2 is 1.97 bits per heavy atom. The van der Waals surface area contributed by atoms with E-state index in [2.05, 4.69) is 20.7 Å². The standard InChI is InChI=1S/C21H22ClN5O3S/c1-4-27-20(14-5-7-16(22)8-6-14)25-26-21(27)31-13-19(28)24-23-12-15-11-17(29-2)9-10-18(15)30-3/h5-12H,4,13H2,1-3H3,(H,24,28)/b23-12+. The Kier molecular flexibility index (Phi) is 7.91. The average molecular weight is 460 g/mol. The number of aromatic nitrogens is 3. The minimum absolute atomic E-state index is 0.144. The van der Waals surface area contributed by atoms with Gasteiger partial charge in [-0.25, -0.2) is 5.43 Å². The highest BCUT2D eigenvalue weighted by Crippen LogP contribution is 2.25. The lowest BCUT2D eigenvalue weighted by Crippen LogP contribution is -2.20. The second-order valence-corrected chi connectivity index (χ2v) is 7.63. The quantitative estimate of drug-likeness (QED) is 0.296. The number of nitrogens with zero attached hydrogens (tertiary/aromatic N) is 4. The van der Waals surface area contributed by atoms with E-state index in [1.165, 1.54) is 18.0 Å². The molecule has 0 atom stereocenters. The largest absolute Gasteiger partial charge is 0.497 e. The summed E-state index contributed by atoms with van der Waals surface area (Å²) in [4.78, 5) is 12.2. The summed E-state index contributed by atoms with van der Waals surface area (Å²) >= 11 is 7.25. The number of hydrazone groups is 1. The Bertz CT molecular complexity index is 1070. The SMILES string of the molecule is CCn1c(SCC(=O)N/N=C/c2cc(OC)ccc2OC)nnc1-c1ccc(Cl)cc1. The predicted octanol–water partition coefficient (Wildman–Crippen LogP) is 3.88. The molecule has 0 spiro atoms. The lowest BCUT2D eigenvalue weighted by atomic mass is 10.2. The van der Waals surface area contributed by atoms with Gasteiger partial charge in [0, 0.05) is 22.7 Å². The number of amides is 1. The lowest BCUT2D eigenvalue weighted by molar-refractivity contribution is -0.118. The van der Waals surface area contributed by atoms with Crippen molar-refractivity contribution in [1.29, 1.82) is 0 Å². The summed E-state index contributed by atoms with van der Waals surface area (Å²) in [5, 5.41) is 13.8. The van der Waals surface area contributed by atoms with Gasteiger partial charge in [-0.05, 0) is 49.4 Å². The number of hydrogen-bond donors (Lipinski definition) is 1. The maximum Gasteiger partial charge on any atom is 0.250 e. The third kappa shape index (κ3) is 5.77. The highest BCUT2D eigenvalue weighted by atomic mass is 35.5. The van der Waals surface area contributed by atoms with Crippen LogP contribution in [0.15, 0.2) is 52.7 Å². The zero-order valence-electron chi connectivity index (χ0n) is 17.3. The zero-order valence-corrected chi connectivity index (χ0v) is 18.9. The van der Waals surface area contributed by atoms with E-state index in [9.17, 15) is 4.79 Å². The van der Waals surface area contributed by atoms with Gasteiger partial charge in [-0.15, -0.1) is 10.2 Å². The van der Waals surface area contributed by atoms with Crippen molar-refractivity contribution in [2.45, 2.75) is 18.6 Å². The molecule has 10 heteroatoms. The van der Waals surface area contributed by atoms with Crippen LogP contribution in [-0.4, -0.2) is 46.9 Å². The first kappa shape index (κ1) is 22.6. The molecular weight excluding hydrogens is 438 g/mol. The molecule has 0 aliphatic carbocycles. The number of nitrogens with one attached hydrogen (secondary N) is 1. The molecule has 31 heavy (non-hydrogen) atoms. The van der Waals surface area contributed by atoms with E-state index in [1.54, 1.807) is 44.6 Å². The molecule has 3 aromatic rings. The first-order valence-corrected chi connectivity index (χ1v) is 10.8. The fourth-order valence-corrected chi connectivity index (χ4v) is 3.69. The summed E-state index contributed by atoms with van der Waals surface area (Å²) in [5.74, 6) is 1.90. The van der Waals surface area contributed by atoms with Crippen molar-refractivity contribution in [2.24, 2.45) is 5.10 Å². The van der Waals surface area contributed by atoms with Gasteiger partial charge in [0.15, 0.2) is 11.0 Å². The summed E-state index contributed by atoms with van der Waals surface area (Å²) in [6, 6.07) is 12.7. The van der Waals surface area contributed by atoms with Gasteiger partial charge in [0.05, 0.1) is 26.2 Å². The molecule has 0 saturated heterocycles. The van der Waals surface area contributed by atoms with Crippen LogP contribution in [0.2, 0.25) is 5.02 Å². The van der Waals surface area contributed by atoms with Crippen LogP contribution in [0.1, 0.15) is 12.5 Å². The normalized spacial score (nSPS) is 11.0. The Hall–Kier alpha value is -3.04. The molecular formula is C21H22ClN5O3S. The van der Waals surface area contributed by atoms with Gasteiger partial charge >= 0.3 is 0 Å². The van der Waals surface area contributed by atoms with Gasteiger partial charge < -0.3 is 14.0 Å². The fraction of sp³-hybridized carbons (Fsp3) is 0.238. The summed E-state index contributed by atoms with van der Waals surface area (Å²) in [6.45, 7) is 2.67. The molecule has 0 fully saturated rings. The van der Waals surface area contributed by atoms with E-state index in [1.807, 2.05) is 23.6 Å². The highest BCUT2D eigenvalue weighted by Gasteiger charge is 2.14. The van der Waals surface area contributed by atoms with E-state index in [0.29, 0.717) is 33.8 Å². The minimum atomic E-state index is -0.262.